The van der Waals surface area contributed by atoms with Crippen LogP contribution in [0.1, 0.15) is 34.1 Å². The number of hydrogen-bond acceptors (Lipinski definition) is 3. The first-order valence-corrected chi connectivity index (χ1v) is 5.73. The maximum Gasteiger partial charge on any atom is 0.241 e. The molecular formula is C11H23N3O2. The maximum atomic E-state index is 11.6. The van der Waals surface area contributed by atoms with Gasteiger partial charge in [0.1, 0.15) is 0 Å². The number of hydrogen-bond donors (Lipinski definition) is 2. The molecule has 5 heteroatoms. The molecule has 5 nitrogen and oxygen atoms in total. The zero-order chi connectivity index (χ0) is 12.8. The molecule has 0 heterocycles. The van der Waals surface area contributed by atoms with Crippen LogP contribution in [0.25, 0.3) is 0 Å². The molecule has 0 aliphatic heterocycles. The second kappa shape index (κ2) is 6.48. The smallest absolute Gasteiger partial charge is 0.241 e. The summed E-state index contributed by atoms with van der Waals surface area (Å²) < 4.78 is 0. The van der Waals surface area contributed by atoms with Gasteiger partial charge in [0.15, 0.2) is 0 Å². The van der Waals surface area contributed by atoms with Crippen molar-refractivity contribution >= 4 is 11.8 Å². The third kappa shape index (κ3) is 4.18. The first-order chi connectivity index (χ1) is 7.38. The Balaban J connectivity index is 4.16. The van der Waals surface area contributed by atoms with Gasteiger partial charge in [-0.2, -0.15) is 0 Å². The van der Waals surface area contributed by atoms with E-state index in [-0.39, 0.29) is 18.4 Å². The molecule has 0 aromatic rings. The van der Waals surface area contributed by atoms with Gasteiger partial charge >= 0.3 is 0 Å². The van der Waals surface area contributed by atoms with Gasteiger partial charge in [0, 0.05) is 13.1 Å². The van der Waals surface area contributed by atoms with E-state index in [2.05, 4.69) is 5.32 Å². The Morgan fingerprint density at radius 1 is 1.25 bits per heavy atom. The lowest BCUT2D eigenvalue weighted by atomic mass is 10.00. The molecule has 1 atom stereocenters. The molecule has 2 amide bonds. The van der Waals surface area contributed by atoms with E-state index in [1.807, 2.05) is 20.8 Å². The molecule has 0 aromatic carbocycles. The molecule has 0 fully saturated rings. The minimum absolute atomic E-state index is 0.0211. The molecule has 0 spiro atoms. The second-order valence-corrected chi connectivity index (χ2v) is 4.02. The molecule has 0 aliphatic rings. The lowest BCUT2D eigenvalue weighted by molar-refractivity contribution is -0.133. The molecule has 0 rings (SSSR count). The van der Waals surface area contributed by atoms with Crippen molar-refractivity contribution in [2.45, 2.75) is 39.7 Å². The summed E-state index contributed by atoms with van der Waals surface area (Å²) in [6.45, 7) is 8.63. The second-order valence-electron chi connectivity index (χ2n) is 4.02. The van der Waals surface area contributed by atoms with Gasteiger partial charge in [0.2, 0.25) is 11.8 Å². The fourth-order valence-electron chi connectivity index (χ4n) is 1.21. The average molecular weight is 229 g/mol. The number of nitrogens with zero attached hydrogens (tertiary/aromatic N) is 1. The van der Waals surface area contributed by atoms with Crippen LogP contribution in [-0.4, -0.2) is 41.9 Å². The van der Waals surface area contributed by atoms with E-state index in [0.717, 1.165) is 0 Å². The summed E-state index contributed by atoms with van der Waals surface area (Å²) in [6, 6.07) is 0. The van der Waals surface area contributed by atoms with Crippen molar-refractivity contribution in [3.05, 3.63) is 0 Å². The van der Waals surface area contributed by atoms with Crippen LogP contribution in [0, 0.1) is 0 Å². The quantitative estimate of drug-likeness (QED) is 0.678. The van der Waals surface area contributed by atoms with Crippen molar-refractivity contribution in [1.29, 1.82) is 0 Å². The van der Waals surface area contributed by atoms with Crippen molar-refractivity contribution in [3.8, 4) is 0 Å². The number of nitrogens with two attached hydrogens (primary N) is 1. The number of rotatable bonds is 6. The van der Waals surface area contributed by atoms with Crippen LogP contribution in [0.2, 0.25) is 0 Å². The van der Waals surface area contributed by atoms with Crippen LogP contribution >= 0.6 is 0 Å². The van der Waals surface area contributed by atoms with Crippen molar-refractivity contribution < 1.29 is 9.59 Å². The van der Waals surface area contributed by atoms with Gasteiger partial charge in [-0.1, -0.05) is 6.92 Å². The molecule has 0 bridgehead atoms. The molecule has 0 saturated carbocycles. The van der Waals surface area contributed by atoms with Crippen molar-refractivity contribution in [1.82, 2.24) is 10.2 Å². The van der Waals surface area contributed by atoms with Gasteiger partial charge in [-0.05, 0) is 27.2 Å². The monoisotopic (exact) mass is 229 g/mol. The van der Waals surface area contributed by atoms with Gasteiger partial charge in [-0.3, -0.25) is 9.59 Å². The topological polar surface area (TPSA) is 75.4 Å². The first kappa shape index (κ1) is 14.9. The SMILES string of the molecule is CCN(CC)C(=O)CNC(=O)C(C)(N)CC. The first-order valence-electron chi connectivity index (χ1n) is 5.73. The highest BCUT2D eigenvalue weighted by molar-refractivity contribution is 5.89. The van der Waals surface area contributed by atoms with Crippen LogP contribution < -0.4 is 11.1 Å². The van der Waals surface area contributed by atoms with Crippen LogP contribution in [0.3, 0.4) is 0 Å². The Labute approximate surface area is 97.4 Å². The summed E-state index contributed by atoms with van der Waals surface area (Å²) in [4.78, 5) is 24.9. The molecule has 1 unspecified atom stereocenters. The maximum absolute atomic E-state index is 11.6. The van der Waals surface area contributed by atoms with Crippen molar-refractivity contribution in [3.63, 3.8) is 0 Å². The van der Waals surface area contributed by atoms with E-state index in [1.54, 1.807) is 11.8 Å². The highest BCUT2D eigenvalue weighted by atomic mass is 16.2. The predicted octanol–water partition coefficient (Wildman–Crippen LogP) is 0.0984. The fraction of sp³-hybridized carbons (Fsp3) is 0.818. The minimum atomic E-state index is -0.899. The molecule has 0 aliphatic carbocycles. The highest BCUT2D eigenvalue weighted by Gasteiger charge is 2.26. The Kier molecular flexibility index (Phi) is 6.03. The third-order valence-corrected chi connectivity index (χ3v) is 2.77. The average Bonchev–Trinajstić information content (AvgIpc) is 2.27. The zero-order valence-corrected chi connectivity index (χ0v) is 10.7. The van der Waals surface area contributed by atoms with Crippen molar-refractivity contribution in [2.75, 3.05) is 19.6 Å². The predicted molar refractivity (Wildman–Crippen MR) is 63.8 cm³/mol. The number of carbonyl (C=O) groups excluding carboxylic acids is 2. The number of carbonyl (C=O) groups is 2. The molecule has 3 N–H and O–H groups in total. The number of likely N-dealkylation sites (N-methyl/N-ethyl adjacent to an activating group) is 1. The zero-order valence-electron chi connectivity index (χ0n) is 10.7. The molecule has 94 valence electrons. The molecule has 0 saturated heterocycles. The van der Waals surface area contributed by atoms with E-state index in [9.17, 15) is 9.59 Å². The Bertz CT molecular complexity index is 248. The Morgan fingerprint density at radius 3 is 2.12 bits per heavy atom. The third-order valence-electron chi connectivity index (χ3n) is 2.77. The molecule has 16 heavy (non-hydrogen) atoms. The molecular weight excluding hydrogens is 206 g/mol. The van der Waals surface area contributed by atoms with Crippen LogP contribution in [0.4, 0.5) is 0 Å². The van der Waals surface area contributed by atoms with E-state index in [1.165, 1.54) is 0 Å². The number of nitrogens with one attached hydrogen (secondary N) is 1. The lowest BCUT2D eigenvalue weighted by Crippen LogP contribution is -2.53. The van der Waals surface area contributed by atoms with E-state index in [0.29, 0.717) is 19.5 Å². The minimum Gasteiger partial charge on any atom is -0.345 e. The largest absolute Gasteiger partial charge is 0.345 e. The van der Waals surface area contributed by atoms with Crippen molar-refractivity contribution in [2.24, 2.45) is 5.73 Å². The molecule has 0 radical (unpaired) electrons. The van der Waals surface area contributed by atoms with Gasteiger partial charge in [0.25, 0.3) is 0 Å². The summed E-state index contributed by atoms with van der Waals surface area (Å²) in [6.07, 6.45) is 0.540. The summed E-state index contributed by atoms with van der Waals surface area (Å²) in [5, 5.41) is 2.57. The van der Waals surface area contributed by atoms with Gasteiger partial charge in [-0.25, -0.2) is 0 Å². The van der Waals surface area contributed by atoms with E-state index in [4.69, 9.17) is 5.73 Å². The van der Waals surface area contributed by atoms with Gasteiger partial charge in [0.05, 0.1) is 12.1 Å². The van der Waals surface area contributed by atoms with Crippen LogP contribution in [0.5, 0.6) is 0 Å². The lowest BCUT2D eigenvalue weighted by Gasteiger charge is -2.23. The highest BCUT2D eigenvalue weighted by Crippen LogP contribution is 2.03. The van der Waals surface area contributed by atoms with Crippen LogP contribution in [-0.2, 0) is 9.59 Å². The summed E-state index contributed by atoms with van der Waals surface area (Å²) >= 11 is 0. The fourth-order valence-corrected chi connectivity index (χ4v) is 1.21. The van der Waals surface area contributed by atoms with E-state index < -0.39 is 5.54 Å². The normalized spacial score (nSPS) is 14.1. The summed E-state index contributed by atoms with van der Waals surface area (Å²) in [7, 11) is 0. The number of amides is 2. The summed E-state index contributed by atoms with van der Waals surface area (Å²) in [5.41, 5.74) is 4.85. The van der Waals surface area contributed by atoms with Gasteiger partial charge in [-0.15, -0.1) is 0 Å². The van der Waals surface area contributed by atoms with Gasteiger partial charge < -0.3 is 16.0 Å². The Hall–Kier alpha value is -1.10. The summed E-state index contributed by atoms with van der Waals surface area (Å²) in [5.74, 6) is -0.360. The van der Waals surface area contributed by atoms with E-state index >= 15 is 0 Å². The van der Waals surface area contributed by atoms with Crippen LogP contribution in [0.15, 0.2) is 0 Å². The standard InChI is InChI=1S/C11H23N3O2/c1-5-11(4,12)10(16)13-8-9(15)14(6-2)7-3/h5-8,12H2,1-4H3,(H,13,16). The molecule has 0 aromatic heterocycles. The Morgan fingerprint density at radius 2 is 1.75 bits per heavy atom.